The molecule has 1 aliphatic carbocycles. The Bertz CT molecular complexity index is 408. The fourth-order valence-electron chi connectivity index (χ4n) is 4.27. The van der Waals surface area contributed by atoms with Crippen molar-refractivity contribution in [2.45, 2.75) is 57.2 Å². The van der Waals surface area contributed by atoms with E-state index in [1.54, 1.807) is 12.2 Å². The van der Waals surface area contributed by atoms with Crippen LogP contribution < -0.4 is 0 Å². The number of hydrogen-bond acceptors (Lipinski definition) is 4. The van der Waals surface area contributed by atoms with Crippen molar-refractivity contribution in [2.24, 2.45) is 11.8 Å². The van der Waals surface area contributed by atoms with Crippen molar-refractivity contribution in [1.29, 1.82) is 0 Å². The van der Waals surface area contributed by atoms with Gasteiger partial charge in [-0.05, 0) is 57.7 Å². The van der Waals surface area contributed by atoms with Crippen molar-refractivity contribution in [3.8, 4) is 0 Å². The summed E-state index contributed by atoms with van der Waals surface area (Å²) in [5.74, 6) is 0.0749. The molecular formula is C17H27NO3. The Labute approximate surface area is 127 Å². The first-order valence-corrected chi connectivity index (χ1v) is 8.43. The van der Waals surface area contributed by atoms with Crippen molar-refractivity contribution >= 4 is 5.97 Å². The van der Waals surface area contributed by atoms with E-state index in [0.717, 1.165) is 58.2 Å². The Morgan fingerprint density at radius 2 is 1.90 bits per heavy atom. The second-order valence-corrected chi connectivity index (χ2v) is 6.89. The summed E-state index contributed by atoms with van der Waals surface area (Å²) in [5, 5.41) is 10.9. The van der Waals surface area contributed by atoms with Gasteiger partial charge in [0.1, 0.15) is 6.10 Å². The van der Waals surface area contributed by atoms with Gasteiger partial charge in [0, 0.05) is 12.5 Å². The number of ether oxygens (including phenoxy) is 1. The van der Waals surface area contributed by atoms with E-state index in [1.807, 2.05) is 6.92 Å². The van der Waals surface area contributed by atoms with Gasteiger partial charge in [-0.25, -0.2) is 4.79 Å². The first-order valence-electron chi connectivity index (χ1n) is 8.43. The Kier molecular flexibility index (Phi) is 4.36. The van der Waals surface area contributed by atoms with Crippen LogP contribution in [0.5, 0.6) is 0 Å². The lowest BCUT2D eigenvalue weighted by Crippen LogP contribution is -2.54. The highest BCUT2D eigenvalue weighted by Crippen LogP contribution is 2.37. The van der Waals surface area contributed by atoms with E-state index in [1.165, 1.54) is 0 Å². The van der Waals surface area contributed by atoms with Crippen LogP contribution in [0.4, 0.5) is 0 Å². The van der Waals surface area contributed by atoms with Gasteiger partial charge in [-0.3, -0.25) is 4.90 Å². The molecule has 4 nitrogen and oxygen atoms in total. The van der Waals surface area contributed by atoms with Crippen LogP contribution in [0.15, 0.2) is 12.2 Å². The lowest BCUT2D eigenvalue weighted by molar-refractivity contribution is -0.180. The lowest BCUT2D eigenvalue weighted by atomic mass is 9.84. The Morgan fingerprint density at radius 1 is 1.24 bits per heavy atom. The SMILES string of the molecule is C/C=C/[C@@](O)(C(=O)O[C@@H]1CN2CCC1CC2)C1CCCC1. The van der Waals surface area contributed by atoms with E-state index in [4.69, 9.17) is 4.74 Å². The molecular weight excluding hydrogens is 266 g/mol. The summed E-state index contributed by atoms with van der Waals surface area (Å²) in [7, 11) is 0. The first kappa shape index (κ1) is 15.0. The van der Waals surface area contributed by atoms with Crippen molar-refractivity contribution in [2.75, 3.05) is 19.6 Å². The second-order valence-electron chi connectivity index (χ2n) is 6.89. The molecule has 118 valence electrons. The minimum absolute atomic E-state index is 0.0160. The van der Waals surface area contributed by atoms with Crippen LogP contribution >= 0.6 is 0 Å². The minimum atomic E-state index is -1.42. The number of carbonyl (C=O) groups excluding carboxylic acids is 1. The topological polar surface area (TPSA) is 49.8 Å². The average molecular weight is 293 g/mol. The zero-order valence-corrected chi connectivity index (χ0v) is 13.0. The summed E-state index contributed by atoms with van der Waals surface area (Å²) < 4.78 is 5.77. The van der Waals surface area contributed by atoms with Gasteiger partial charge in [-0.1, -0.05) is 18.9 Å². The summed E-state index contributed by atoms with van der Waals surface area (Å²) in [6.45, 7) is 4.94. The maximum absolute atomic E-state index is 12.6. The normalized spacial score (nSPS) is 36.0. The molecule has 0 radical (unpaired) electrons. The molecule has 2 atom stereocenters. The summed E-state index contributed by atoms with van der Waals surface area (Å²) in [6.07, 6.45) is 9.63. The molecule has 0 unspecified atom stereocenters. The van der Waals surface area contributed by atoms with Crippen LogP contribution in [-0.4, -0.2) is 47.3 Å². The van der Waals surface area contributed by atoms with Gasteiger partial charge in [0.2, 0.25) is 0 Å². The minimum Gasteiger partial charge on any atom is -0.458 e. The molecule has 1 saturated carbocycles. The van der Waals surface area contributed by atoms with E-state index in [0.29, 0.717) is 5.92 Å². The fourth-order valence-corrected chi connectivity index (χ4v) is 4.27. The van der Waals surface area contributed by atoms with Gasteiger partial charge in [-0.15, -0.1) is 0 Å². The highest BCUT2D eigenvalue weighted by Gasteiger charge is 2.46. The second kappa shape index (κ2) is 6.09. The fraction of sp³-hybridized carbons (Fsp3) is 0.824. The van der Waals surface area contributed by atoms with Gasteiger partial charge in [-0.2, -0.15) is 0 Å². The summed E-state index contributed by atoms with van der Waals surface area (Å²) in [5.41, 5.74) is -1.42. The molecule has 3 saturated heterocycles. The van der Waals surface area contributed by atoms with Crippen LogP contribution in [0, 0.1) is 11.8 Å². The lowest BCUT2D eigenvalue weighted by Gasteiger charge is -2.44. The molecule has 0 aromatic rings. The third-order valence-corrected chi connectivity index (χ3v) is 5.58. The molecule has 1 N–H and O–H groups in total. The first-order chi connectivity index (χ1) is 10.1. The number of carbonyl (C=O) groups is 1. The van der Waals surface area contributed by atoms with Crippen molar-refractivity contribution in [1.82, 2.24) is 4.90 Å². The molecule has 0 aromatic carbocycles. The molecule has 0 amide bonds. The average Bonchev–Trinajstić information content (AvgIpc) is 3.03. The van der Waals surface area contributed by atoms with Gasteiger partial charge >= 0.3 is 5.97 Å². The van der Waals surface area contributed by atoms with Crippen molar-refractivity contribution < 1.29 is 14.6 Å². The number of aliphatic hydroxyl groups is 1. The van der Waals surface area contributed by atoms with E-state index < -0.39 is 11.6 Å². The van der Waals surface area contributed by atoms with Crippen LogP contribution in [0.25, 0.3) is 0 Å². The highest BCUT2D eigenvalue weighted by molar-refractivity contribution is 5.82. The van der Waals surface area contributed by atoms with Crippen LogP contribution in [0.3, 0.4) is 0 Å². The van der Waals surface area contributed by atoms with E-state index in [-0.39, 0.29) is 12.0 Å². The predicted octanol–water partition coefficient (Wildman–Crippen LogP) is 2.12. The number of esters is 1. The number of nitrogens with zero attached hydrogens (tertiary/aromatic N) is 1. The Hall–Kier alpha value is -0.870. The molecule has 4 aliphatic rings. The molecule has 0 aromatic heterocycles. The smallest absolute Gasteiger partial charge is 0.342 e. The quantitative estimate of drug-likeness (QED) is 0.637. The van der Waals surface area contributed by atoms with Crippen LogP contribution in [-0.2, 0) is 9.53 Å². The molecule has 21 heavy (non-hydrogen) atoms. The molecule has 4 rings (SSSR count). The number of allylic oxidation sites excluding steroid dienone is 1. The van der Waals surface area contributed by atoms with Crippen molar-refractivity contribution in [3.05, 3.63) is 12.2 Å². The van der Waals surface area contributed by atoms with Crippen molar-refractivity contribution in [3.63, 3.8) is 0 Å². The Balaban J connectivity index is 1.69. The largest absolute Gasteiger partial charge is 0.458 e. The summed E-state index contributed by atoms with van der Waals surface area (Å²) >= 11 is 0. The maximum atomic E-state index is 12.6. The number of rotatable bonds is 4. The third-order valence-electron chi connectivity index (χ3n) is 5.58. The van der Waals surface area contributed by atoms with Crippen LogP contribution in [0.2, 0.25) is 0 Å². The molecule has 4 heteroatoms. The van der Waals surface area contributed by atoms with E-state index in [9.17, 15) is 9.90 Å². The zero-order chi connectivity index (χ0) is 14.9. The number of piperidine rings is 3. The van der Waals surface area contributed by atoms with Crippen LogP contribution in [0.1, 0.15) is 45.4 Å². The van der Waals surface area contributed by atoms with E-state index in [2.05, 4.69) is 4.90 Å². The number of fused-ring (bicyclic) bond motifs is 3. The predicted molar refractivity (Wildman–Crippen MR) is 80.8 cm³/mol. The summed E-state index contributed by atoms with van der Waals surface area (Å²) in [4.78, 5) is 15.0. The zero-order valence-electron chi connectivity index (χ0n) is 13.0. The standard InChI is InChI=1S/C17H27NO3/c1-2-9-17(20,14-5-3-4-6-14)16(19)21-15-12-18-10-7-13(15)8-11-18/h2,9,13-15,20H,3-8,10-12H2,1H3/b9-2+/t15-,17+/m1/s1. The molecule has 0 spiro atoms. The number of hydrogen-bond donors (Lipinski definition) is 1. The van der Waals surface area contributed by atoms with Gasteiger partial charge in [0.25, 0.3) is 0 Å². The molecule has 4 fully saturated rings. The molecule has 3 aliphatic heterocycles. The molecule has 3 heterocycles. The van der Waals surface area contributed by atoms with E-state index >= 15 is 0 Å². The highest BCUT2D eigenvalue weighted by atomic mass is 16.6. The maximum Gasteiger partial charge on any atom is 0.342 e. The summed E-state index contributed by atoms with van der Waals surface area (Å²) in [6, 6.07) is 0. The van der Waals surface area contributed by atoms with Gasteiger partial charge in [0.05, 0.1) is 0 Å². The Morgan fingerprint density at radius 3 is 2.43 bits per heavy atom. The molecule has 2 bridgehead atoms. The monoisotopic (exact) mass is 293 g/mol. The van der Waals surface area contributed by atoms with Gasteiger partial charge in [0.15, 0.2) is 5.60 Å². The van der Waals surface area contributed by atoms with Gasteiger partial charge < -0.3 is 9.84 Å². The third kappa shape index (κ3) is 2.88.